The molecule has 3 heteroatoms. The highest BCUT2D eigenvalue weighted by Crippen LogP contribution is 2.11. The lowest BCUT2D eigenvalue weighted by molar-refractivity contribution is 0.240. The Morgan fingerprint density at radius 1 is 1.47 bits per heavy atom. The fourth-order valence-electron chi connectivity index (χ4n) is 2.20. The zero-order valence-electron chi connectivity index (χ0n) is 9.84. The number of nitriles is 1. The highest BCUT2D eigenvalue weighted by molar-refractivity contribution is 4.72. The first-order chi connectivity index (χ1) is 7.33. The molecular formula is C12H23N3. The Morgan fingerprint density at radius 3 is 3.00 bits per heavy atom. The minimum atomic E-state index is 0.707. The number of piperidine rings is 1. The maximum atomic E-state index is 8.42. The first kappa shape index (κ1) is 12.5. The highest BCUT2D eigenvalue weighted by Gasteiger charge is 2.14. The van der Waals surface area contributed by atoms with Crippen molar-refractivity contribution in [2.24, 2.45) is 5.92 Å². The van der Waals surface area contributed by atoms with Crippen LogP contribution in [-0.4, -0.2) is 38.1 Å². The van der Waals surface area contributed by atoms with Gasteiger partial charge >= 0.3 is 0 Å². The lowest BCUT2D eigenvalue weighted by Gasteiger charge is -2.27. The first-order valence-corrected chi connectivity index (χ1v) is 6.09. The fourth-order valence-corrected chi connectivity index (χ4v) is 2.20. The van der Waals surface area contributed by atoms with Crippen LogP contribution in [0.25, 0.3) is 0 Å². The van der Waals surface area contributed by atoms with Gasteiger partial charge in [-0.2, -0.15) is 5.26 Å². The second-order valence-electron chi connectivity index (χ2n) is 4.59. The zero-order valence-corrected chi connectivity index (χ0v) is 9.84. The SMILES string of the molecule is CN(CCCCC#N)CC1CCCNC1. The summed E-state index contributed by atoms with van der Waals surface area (Å²) in [6.07, 6.45) is 5.61. The van der Waals surface area contributed by atoms with Crippen molar-refractivity contribution in [3.05, 3.63) is 0 Å². The van der Waals surface area contributed by atoms with Crippen LogP contribution in [0.1, 0.15) is 32.1 Å². The van der Waals surface area contributed by atoms with Gasteiger partial charge in [0.1, 0.15) is 0 Å². The summed E-state index contributed by atoms with van der Waals surface area (Å²) in [7, 11) is 2.20. The van der Waals surface area contributed by atoms with E-state index in [9.17, 15) is 0 Å². The second kappa shape index (κ2) is 7.67. The standard InChI is InChI=1S/C12H23N3/c1-15(9-4-2-3-7-13)11-12-6-5-8-14-10-12/h12,14H,2-6,8-11H2,1H3. The summed E-state index contributed by atoms with van der Waals surface area (Å²) in [6.45, 7) is 4.72. The fraction of sp³-hybridized carbons (Fsp3) is 0.917. The van der Waals surface area contributed by atoms with Crippen LogP contribution in [0.15, 0.2) is 0 Å². The van der Waals surface area contributed by atoms with E-state index in [1.807, 2.05) is 0 Å². The molecule has 0 saturated carbocycles. The van der Waals surface area contributed by atoms with Crippen molar-refractivity contribution in [2.45, 2.75) is 32.1 Å². The molecule has 1 fully saturated rings. The number of rotatable bonds is 6. The normalized spacial score (nSPS) is 21.5. The summed E-state index contributed by atoms with van der Waals surface area (Å²) in [5.41, 5.74) is 0. The van der Waals surface area contributed by atoms with Gasteiger partial charge in [0.05, 0.1) is 6.07 Å². The summed E-state index contributed by atoms with van der Waals surface area (Å²) < 4.78 is 0. The maximum absolute atomic E-state index is 8.42. The largest absolute Gasteiger partial charge is 0.316 e. The van der Waals surface area contributed by atoms with Gasteiger partial charge in [-0.25, -0.2) is 0 Å². The van der Waals surface area contributed by atoms with Crippen LogP contribution < -0.4 is 5.32 Å². The molecule has 0 bridgehead atoms. The quantitative estimate of drug-likeness (QED) is 0.676. The van der Waals surface area contributed by atoms with Crippen LogP contribution in [0.3, 0.4) is 0 Å². The van der Waals surface area contributed by atoms with E-state index in [1.165, 1.54) is 32.5 Å². The summed E-state index contributed by atoms with van der Waals surface area (Å²) in [5, 5.41) is 11.9. The molecule has 1 saturated heterocycles. The van der Waals surface area contributed by atoms with E-state index >= 15 is 0 Å². The lowest BCUT2D eigenvalue weighted by atomic mass is 9.99. The van der Waals surface area contributed by atoms with E-state index in [2.05, 4.69) is 23.3 Å². The molecule has 0 aromatic rings. The van der Waals surface area contributed by atoms with Crippen molar-refractivity contribution in [3.63, 3.8) is 0 Å². The lowest BCUT2D eigenvalue weighted by Crippen LogP contribution is -2.37. The molecular weight excluding hydrogens is 186 g/mol. The van der Waals surface area contributed by atoms with E-state index in [4.69, 9.17) is 5.26 Å². The molecule has 1 rings (SSSR count). The molecule has 1 heterocycles. The van der Waals surface area contributed by atoms with Gasteiger partial charge in [-0.1, -0.05) is 0 Å². The van der Waals surface area contributed by atoms with Crippen LogP contribution in [-0.2, 0) is 0 Å². The molecule has 1 aliphatic heterocycles. The zero-order chi connectivity index (χ0) is 10.9. The Morgan fingerprint density at radius 2 is 2.33 bits per heavy atom. The maximum Gasteiger partial charge on any atom is 0.0621 e. The molecule has 0 radical (unpaired) electrons. The van der Waals surface area contributed by atoms with Gasteiger partial charge in [-0.3, -0.25) is 0 Å². The van der Waals surface area contributed by atoms with Crippen molar-refractivity contribution in [3.8, 4) is 6.07 Å². The molecule has 0 spiro atoms. The average Bonchev–Trinajstić information content (AvgIpc) is 2.26. The first-order valence-electron chi connectivity index (χ1n) is 6.09. The van der Waals surface area contributed by atoms with Gasteiger partial charge in [0.15, 0.2) is 0 Å². The van der Waals surface area contributed by atoms with Crippen LogP contribution in [0.5, 0.6) is 0 Å². The third kappa shape index (κ3) is 5.76. The van der Waals surface area contributed by atoms with Gasteiger partial charge in [0.2, 0.25) is 0 Å². The Balaban J connectivity index is 2.01. The van der Waals surface area contributed by atoms with E-state index in [0.717, 1.165) is 25.3 Å². The van der Waals surface area contributed by atoms with Crippen molar-refractivity contribution in [1.29, 1.82) is 5.26 Å². The molecule has 1 aliphatic rings. The van der Waals surface area contributed by atoms with Crippen molar-refractivity contribution >= 4 is 0 Å². The third-order valence-electron chi connectivity index (χ3n) is 3.05. The predicted molar refractivity (Wildman–Crippen MR) is 62.6 cm³/mol. The summed E-state index contributed by atoms with van der Waals surface area (Å²) in [4.78, 5) is 2.41. The van der Waals surface area contributed by atoms with Crippen molar-refractivity contribution in [2.75, 3.05) is 33.2 Å². The molecule has 0 amide bonds. The Labute approximate surface area is 93.5 Å². The number of hydrogen-bond donors (Lipinski definition) is 1. The molecule has 1 N–H and O–H groups in total. The van der Waals surface area contributed by atoms with Crippen LogP contribution in [0.2, 0.25) is 0 Å². The molecule has 86 valence electrons. The topological polar surface area (TPSA) is 39.1 Å². The van der Waals surface area contributed by atoms with Gasteiger partial charge in [0.25, 0.3) is 0 Å². The van der Waals surface area contributed by atoms with Gasteiger partial charge in [0, 0.05) is 13.0 Å². The third-order valence-corrected chi connectivity index (χ3v) is 3.05. The van der Waals surface area contributed by atoms with Crippen molar-refractivity contribution < 1.29 is 0 Å². The molecule has 0 aromatic heterocycles. The van der Waals surface area contributed by atoms with Gasteiger partial charge in [-0.05, 0) is 58.3 Å². The molecule has 0 aliphatic carbocycles. The van der Waals surface area contributed by atoms with Crippen LogP contribution in [0, 0.1) is 17.2 Å². The van der Waals surface area contributed by atoms with Crippen molar-refractivity contribution in [1.82, 2.24) is 10.2 Å². The Kier molecular flexibility index (Phi) is 6.38. The van der Waals surface area contributed by atoms with E-state index in [1.54, 1.807) is 0 Å². The number of hydrogen-bond acceptors (Lipinski definition) is 3. The summed E-state index contributed by atoms with van der Waals surface area (Å²) in [6, 6.07) is 2.19. The number of unbranched alkanes of at least 4 members (excludes halogenated alkanes) is 2. The molecule has 15 heavy (non-hydrogen) atoms. The average molecular weight is 209 g/mol. The molecule has 3 nitrogen and oxygen atoms in total. The van der Waals surface area contributed by atoms with Gasteiger partial charge in [-0.15, -0.1) is 0 Å². The van der Waals surface area contributed by atoms with E-state index in [-0.39, 0.29) is 0 Å². The summed E-state index contributed by atoms with van der Waals surface area (Å²) >= 11 is 0. The monoisotopic (exact) mass is 209 g/mol. The molecule has 1 atom stereocenters. The van der Waals surface area contributed by atoms with Gasteiger partial charge < -0.3 is 10.2 Å². The molecule has 0 aromatic carbocycles. The van der Waals surface area contributed by atoms with E-state index < -0.39 is 0 Å². The smallest absolute Gasteiger partial charge is 0.0621 e. The van der Waals surface area contributed by atoms with Crippen LogP contribution in [0.4, 0.5) is 0 Å². The summed E-state index contributed by atoms with van der Waals surface area (Å²) in [5.74, 6) is 0.833. The molecule has 1 unspecified atom stereocenters. The van der Waals surface area contributed by atoms with Crippen LogP contribution >= 0.6 is 0 Å². The minimum absolute atomic E-state index is 0.707. The second-order valence-corrected chi connectivity index (χ2v) is 4.59. The Hall–Kier alpha value is -0.590. The predicted octanol–water partition coefficient (Wildman–Crippen LogP) is 1.61. The minimum Gasteiger partial charge on any atom is -0.316 e. The number of nitrogens with zero attached hydrogens (tertiary/aromatic N) is 2. The van der Waals surface area contributed by atoms with E-state index in [0.29, 0.717) is 6.42 Å². The highest BCUT2D eigenvalue weighted by atomic mass is 15.1. The number of nitrogens with one attached hydrogen (secondary N) is 1. The Bertz CT molecular complexity index is 192.